The largest absolute Gasteiger partial charge is 0.240 e. The molecule has 56 valence electrons. The molecule has 0 radical (unpaired) electrons. The molecule has 0 atom stereocenters. The van der Waals surface area contributed by atoms with Gasteiger partial charge >= 0.3 is 0 Å². The van der Waals surface area contributed by atoms with E-state index in [0.717, 1.165) is 4.47 Å². The third kappa shape index (κ3) is 1.93. The number of aliphatic imine (C=N–C) groups is 1. The molecular weight excluding hydrogens is 226 g/mol. The highest BCUT2D eigenvalue weighted by Gasteiger charge is 1.99. The van der Waals surface area contributed by atoms with Gasteiger partial charge in [0.05, 0.1) is 5.69 Å². The zero-order valence-corrected chi connectivity index (χ0v) is 7.89. The van der Waals surface area contributed by atoms with Crippen LogP contribution in [-0.4, -0.2) is 6.08 Å². The lowest BCUT2D eigenvalue weighted by atomic mass is 10.3. The number of rotatable bonds is 1. The lowest BCUT2D eigenvalue weighted by molar-refractivity contribution is 0.565. The van der Waals surface area contributed by atoms with Gasteiger partial charge in [0, 0.05) is 9.37 Å². The first-order chi connectivity index (χ1) is 5.25. The second-order valence-corrected chi connectivity index (χ2v) is 3.11. The molecule has 0 aliphatic heterocycles. The van der Waals surface area contributed by atoms with Gasteiger partial charge in [0.15, 0.2) is 0 Å². The van der Waals surface area contributed by atoms with Crippen molar-refractivity contribution in [1.29, 1.82) is 0 Å². The fourth-order valence-corrected chi connectivity index (χ4v) is 1.20. The van der Waals surface area contributed by atoms with E-state index in [1.807, 2.05) is 6.07 Å². The predicted octanol–water partition coefficient (Wildman–Crippen LogP) is 2.71. The third-order valence-corrected chi connectivity index (χ3v) is 2.57. The van der Waals surface area contributed by atoms with E-state index in [-0.39, 0.29) is 0 Å². The van der Waals surface area contributed by atoms with Crippen molar-refractivity contribution in [2.24, 2.45) is 4.99 Å². The Morgan fingerprint density at radius 3 is 2.91 bits per heavy atom. The van der Waals surface area contributed by atoms with E-state index >= 15 is 0 Å². The molecule has 0 saturated heterocycles. The van der Waals surface area contributed by atoms with Gasteiger partial charge in [-0.2, -0.15) is 4.99 Å². The highest BCUT2D eigenvalue weighted by molar-refractivity contribution is 9.10. The number of hydrogen-bond acceptors (Lipinski definition) is 3. The summed E-state index contributed by atoms with van der Waals surface area (Å²) in [5.41, 5.74) is 0.526. The van der Waals surface area contributed by atoms with Crippen LogP contribution in [0.5, 0.6) is 0 Å². The Morgan fingerprint density at radius 1 is 1.55 bits per heavy atom. The van der Waals surface area contributed by atoms with E-state index < -0.39 is 0 Å². The maximum atomic E-state index is 9.90. The summed E-state index contributed by atoms with van der Waals surface area (Å²) in [6, 6.07) is 5.30. The summed E-state index contributed by atoms with van der Waals surface area (Å²) < 4.78 is 0.817. The van der Waals surface area contributed by atoms with Crippen molar-refractivity contribution in [3.63, 3.8) is 0 Å². The Balaban J connectivity index is 3.26. The van der Waals surface area contributed by atoms with E-state index in [0.29, 0.717) is 10.6 Å². The van der Waals surface area contributed by atoms with Gasteiger partial charge in [0.2, 0.25) is 6.08 Å². The minimum absolute atomic E-state index is 0.526. The van der Waals surface area contributed by atoms with Gasteiger partial charge in [-0.15, -0.1) is 12.6 Å². The predicted molar refractivity (Wildman–Crippen MR) is 49.2 cm³/mol. The van der Waals surface area contributed by atoms with Gasteiger partial charge in [-0.25, -0.2) is 4.79 Å². The molecule has 1 rings (SSSR count). The fraction of sp³-hybridized carbons (Fsp3) is 0. The normalized spacial score (nSPS) is 8.91. The molecule has 0 saturated carbocycles. The Labute approximate surface area is 77.9 Å². The zero-order valence-electron chi connectivity index (χ0n) is 5.41. The van der Waals surface area contributed by atoms with Crippen LogP contribution in [0.4, 0.5) is 5.69 Å². The third-order valence-electron chi connectivity index (χ3n) is 1.13. The van der Waals surface area contributed by atoms with Crippen LogP contribution < -0.4 is 0 Å². The Hall–Kier alpha value is -0.570. The van der Waals surface area contributed by atoms with E-state index in [1.165, 1.54) is 6.08 Å². The average Bonchev–Trinajstić information content (AvgIpc) is 1.99. The molecule has 0 heterocycles. The van der Waals surface area contributed by atoms with Gasteiger partial charge < -0.3 is 0 Å². The summed E-state index contributed by atoms with van der Waals surface area (Å²) in [4.78, 5) is 14.0. The summed E-state index contributed by atoms with van der Waals surface area (Å²) in [6.07, 6.45) is 1.46. The van der Waals surface area contributed by atoms with Crippen LogP contribution in [0.25, 0.3) is 0 Å². The average molecular weight is 230 g/mol. The number of isocyanates is 1. The lowest BCUT2D eigenvalue weighted by Gasteiger charge is -1.97. The number of benzene rings is 1. The van der Waals surface area contributed by atoms with E-state index in [4.69, 9.17) is 0 Å². The Morgan fingerprint density at radius 2 is 2.27 bits per heavy atom. The lowest BCUT2D eigenvalue weighted by Crippen LogP contribution is -1.70. The number of thiol groups is 1. The minimum atomic E-state index is 0.526. The molecule has 1 aromatic carbocycles. The van der Waals surface area contributed by atoms with Crippen molar-refractivity contribution < 1.29 is 4.79 Å². The zero-order chi connectivity index (χ0) is 8.27. The van der Waals surface area contributed by atoms with E-state index in [1.54, 1.807) is 12.1 Å². The molecule has 0 unspecified atom stereocenters. The molecule has 0 spiro atoms. The SMILES string of the molecule is O=C=Nc1cccc(Br)c1S. The van der Waals surface area contributed by atoms with Crippen LogP contribution >= 0.6 is 28.6 Å². The summed E-state index contributed by atoms with van der Waals surface area (Å²) in [6.45, 7) is 0. The highest BCUT2D eigenvalue weighted by atomic mass is 79.9. The first-order valence-corrected chi connectivity index (χ1v) is 4.05. The van der Waals surface area contributed by atoms with Gasteiger partial charge in [-0.1, -0.05) is 6.07 Å². The van der Waals surface area contributed by atoms with Crippen LogP contribution in [0.1, 0.15) is 0 Å². The highest BCUT2D eigenvalue weighted by Crippen LogP contribution is 2.29. The summed E-state index contributed by atoms with van der Waals surface area (Å²) >= 11 is 7.38. The van der Waals surface area contributed by atoms with Crippen molar-refractivity contribution in [2.45, 2.75) is 4.90 Å². The minimum Gasteiger partial charge on any atom is -0.211 e. The van der Waals surface area contributed by atoms with Crippen LogP contribution in [-0.2, 0) is 4.79 Å². The van der Waals surface area contributed by atoms with Crippen molar-refractivity contribution >= 4 is 40.3 Å². The maximum Gasteiger partial charge on any atom is 0.240 e. The Bertz CT molecular complexity index is 320. The summed E-state index contributed by atoms with van der Waals surface area (Å²) in [7, 11) is 0. The van der Waals surface area contributed by atoms with E-state index in [2.05, 4.69) is 33.6 Å². The topological polar surface area (TPSA) is 29.4 Å². The van der Waals surface area contributed by atoms with Crippen LogP contribution in [0.3, 0.4) is 0 Å². The van der Waals surface area contributed by atoms with Crippen LogP contribution in [0, 0.1) is 0 Å². The molecule has 0 fully saturated rings. The number of hydrogen-bond donors (Lipinski definition) is 1. The quantitative estimate of drug-likeness (QED) is 0.448. The second-order valence-electron chi connectivity index (χ2n) is 1.81. The molecule has 0 bridgehead atoms. The fourth-order valence-electron chi connectivity index (χ4n) is 0.643. The number of carbonyl (C=O) groups excluding carboxylic acids is 1. The molecular formula is C7H4BrNOS. The standard InChI is InChI=1S/C7H4BrNOS/c8-5-2-1-3-6(7(5)11)9-4-10/h1-3,11H. The molecule has 0 N–H and O–H groups in total. The Kier molecular flexibility index (Phi) is 2.88. The maximum absolute atomic E-state index is 9.90. The van der Waals surface area contributed by atoms with Gasteiger partial charge in [0.1, 0.15) is 0 Å². The van der Waals surface area contributed by atoms with Crippen molar-refractivity contribution in [3.8, 4) is 0 Å². The number of nitrogens with zero attached hydrogens (tertiary/aromatic N) is 1. The molecule has 0 aromatic heterocycles. The number of halogens is 1. The van der Waals surface area contributed by atoms with Crippen molar-refractivity contribution in [1.82, 2.24) is 0 Å². The van der Waals surface area contributed by atoms with Crippen LogP contribution in [0.2, 0.25) is 0 Å². The van der Waals surface area contributed by atoms with Crippen molar-refractivity contribution in [2.75, 3.05) is 0 Å². The van der Waals surface area contributed by atoms with Gasteiger partial charge in [-0.05, 0) is 28.1 Å². The molecule has 4 heteroatoms. The molecule has 2 nitrogen and oxygen atoms in total. The molecule has 11 heavy (non-hydrogen) atoms. The molecule has 1 aromatic rings. The first kappa shape index (κ1) is 8.53. The molecule has 0 aliphatic rings. The summed E-state index contributed by atoms with van der Waals surface area (Å²) in [5.74, 6) is 0. The van der Waals surface area contributed by atoms with Gasteiger partial charge in [-0.3, -0.25) is 0 Å². The van der Waals surface area contributed by atoms with Crippen molar-refractivity contribution in [3.05, 3.63) is 22.7 Å². The molecule has 0 aliphatic carbocycles. The summed E-state index contributed by atoms with van der Waals surface area (Å²) in [5, 5.41) is 0. The van der Waals surface area contributed by atoms with Gasteiger partial charge in [0.25, 0.3) is 0 Å². The first-order valence-electron chi connectivity index (χ1n) is 2.81. The monoisotopic (exact) mass is 229 g/mol. The smallest absolute Gasteiger partial charge is 0.211 e. The van der Waals surface area contributed by atoms with E-state index in [9.17, 15) is 4.79 Å². The second kappa shape index (κ2) is 3.72. The molecule has 0 amide bonds. The van der Waals surface area contributed by atoms with Crippen LogP contribution in [0.15, 0.2) is 32.6 Å².